The maximum absolute atomic E-state index is 12.7. The van der Waals surface area contributed by atoms with Crippen molar-refractivity contribution in [3.8, 4) is 16.9 Å². The molecule has 2 N–H and O–H groups in total. The summed E-state index contributed by atoms with van der Waals surface area (Å²) in [5.41, 5.74) is 6.16. The summed E-state index contributed by atoms with van der Waals surface area (Å²) in [6.07, 6.45) is -4.40. The largest absolute Gasteiger partial charge is 0.496 e. The molecule has 0 saturated heterocycles. The van der Waals surface area contributed by atoms with Gasteiger partial charge in [0.25, 0.3) is 0 Å². The minimum absolute atomic E-state index is 0.275. The van der Waals surface area contributed by atoms with Crippen molar-refractivity contribution in [3.05, 3.63) is 48.0 Å². The van der Waals surface area contributed by atoms with E-state index >= 15 is 0 Å². The van der Waals surface area contributed by atoms with Gasteiger partial charge in [0, 0.05) is 16.8 Å². The van der Waals surface area contributed by atoms with Gasteiger partial charge in [-0.25, -0.2) is 0 Å². The van der Waals surface area contributed by atoms with Gasteiger partial charge in [0.05, 0.1) is 12.7 Å². The van der Waals surface area contributed by atoms with Crippen LogP contribution in [0.3, 0.4) is 0 Å². The Bertz CT molecular complexity index is 593. The van der Waals surface area contributed by atoms with Gasteiger partial charge in [0.1, 0.15) is 5.75 Å². The quantitative estimate of drug-likeness (QED) is 0.836. The molecule has 0 saturated carbocycles. The lowest BCUT2D eigenvalue weighted by atomic mass is 10.00. The summed E-state index contributed by atoms with van der Waals surface area (Å²) in [4.78, 5) is 0. The van der Waals surface area contributed by atoms with Gasteiger partial charge < -0.3 is 10.5 Å². The van der Waals surface area contributed by atoms with Gasteiger partial charge >= 0.3 is 6.18 Å². The van der Waals surface area contributed by atoms with Crippen LogP contribution in [0.2, 0.25) is 0 Å². The normalized spacial score (nSPS) is 11.4. The molecule has 2 aromatic carbocycles. The van der Waals surface area contributed by atoms with Gasteiger partial charge in [0.15, 0.2) is 0 Å². The number of nitrogen functional groups attached to an aromatic ring is 1. The molecule has 0 atom stereocenters. The molecule has 0 radical (unpaired) electrons. The fourth-order valence-corrected chi connectivity index (χ4v) is 1.83. The smallest absolute Gasteiger partial charge is 0.416 e. The summed E-state index contributed by atoms with van der Waals surface area (Å²) >= 11 is 0. The zero-order valence-corrected chi connectivity index (χ0v) is 10.2. The summed E-state index contributed by atoms with van der Waals surface area (Å²) in [5, 5.41) is 0. The number of rotatable bonds is 2. The van der Waals surface area contributed by atoms with Gasteiger partial charge in [0.2, 0.25) is 0 Å². The third-order valence-electron chi connectivity index (χ3n) is 2.78. The van der Waals surface area contributed by atoms with E-state index in [0.717, 1.165) is 12.1 Å². The number of anilines is 1. The predicted octanol–water partition coefficient (Wildman–Crippen LogP) is 3.96. The second-order valence-electron chi connectivity index (χ2n) is 4.00. The first kappa shape index (κ1) is 13.3. The Hall–Kier alpha value is -2.17. The zero-order chi connectivity index (χ0) is 14.0. The molecule has 2 aromatic rings. The molecule has 5 heteroatoms. The molecule has 0 aliphatic heterocycles. The Morgan fingerprint density at radius 3 is 2.32 bits per heavy atom. The summed E-state index contributed by atoms with van der Waals surface area (Å²) < 4.78 is 43.3. The van der Waals surface area contributed by atoms with Crippen LogP contribution in [0.5, 0.6) is 5.75 Å². The Morgan fingerprint density at radius 1 is 1.00 bits per heavy atom. The van der Waals surface area contributed by atoms with Crippen molar-refractivity contribution in [2.24, 2.45) is 0 Å². The first-order valence-electron chi connectivity index (χ1n) is 5.53. The molecule has 0 spiro atoms. The molecule has 0 heterocycles. The Morgan fingerprint density at radius 2 is 1.68 bits per heavy atom. The lowest BCUT2D eigenvalue weighted by Crippen LogP contribution is -2.06. The van der Waals surface area contributed by atoms with E-state index in [0.29, 0.717) is 16.9 Å². The van der Waals surface area contributed by atoms with Crippen molar-refractivity contribution in [3.63, 3.8) is 0 Å². The van der Waals surface area contributed by atoms with E-state index in [9.17, 15) is 13.2 Å². The highest BCUT2D eigenvalue weighted by molar-refractivity contribution is 5.81. The van der Waals surface area contributed by atoms with E-state index in [1.165, 1.54) is 13.2 Å². The van der Waals surface area contributed by atoms with E-state index in [1.54, 1.807) is 24.3 Å². The fraction of sp³-hybridized carbons (Fsp3) is 0.143. The number of hydrogen-bond donors (Lipinski definition) is 1. The molecule has 0 unspecified atom stereocenters. The van der Waals surface area contributed by atoms with Crippen molar-refractivity contribution in [2.75, 3.05) is 12.8 Å². The number of alkyl halides is 3. The number of nitrogens with two attached hydrogens (primary N) is 1. The second kappa shape index (κ2) is 4.84. The first-order valence-corrected chi connectivity index (χ1v) is 5.53. The Balaban J connectivity index is 2.61. The van der Waals surface area contributed by atoms with Gasteiger partial charge in [-0.1, -0.05) is 18.2 Å². The van der Waals surface area contributed by atoms with E-state index in [-0.39, 0.29) is 5.69 Å². The van der Waals surface area contributed by atoms with Crippen LogP contribution in [0.4, 0.5) is 18.9 Å². The van der Waals surface area contributed by atoms with E-state index < -0.39 is 11.7 Å². The fourth-order valence-electron chi connectivity index (χ4n) is 1.83. The molecular weight excluding hydrogens is 255 g/mol. The van der Waals surface area contributed by atoms with Crippen molar-refractivity contribution < 1.29 is 17.9 Å². The number of ether oxygens (including phenoxy) is 1. The first-order chi connectivity index (χ1) is 8.93. The third kappa shape index (κ3) is 2.65. The molecule has 0 bridgehead atoms. The second-order valence-corrected chi connectivity index (χ2v) is 4.00. The highest BCUT2D eigenvalue weighted by Gasteiger charge is 2.31. The minimum atomic E-state index is -4.40. The number of methoxy groups -OCH3 is 1. The van der Waals surface area contributed by atoms with Crippen LogP contribution in [0.25, 0.3) is 11.1 Å². The van der Waals surface area contributed by atoms with Crippen LogP contribution in [-0.2, 0) is 6.18 Å². The van der Waals surface area contributed by atoms with Crippen LogP contribution < -0.4 is 10.5 Å². The van der Waals surface area contributed by atoms with E-state index in [2.05, 4.69) is 0 Å². The van der Waals surface area contributed by atoms with E-state index in [1.807, 2.05) is 0 Å². The summed E-state index contributed by atoms with van der Waals surface area (Å²) in [6.45, 7) is 0. The predicted molar refractivity (Wildman–Crippen MR) is 67.8 cm³/mol. The molecule has 2 nitrogen and oxygen atoms in total. The van der Waals surface area contributed by atoms with Crippen molar-refractivity contribution in [2.45, 2.75) is 6.18 Å². The van der Waals surface area contributed by atoms with Crippen LogP contribution in [0.1, 0.15) is 5.56 Å². The van der Waals surface area contributed by atoms with Gasteiger partial charge in [-0.15, -0.1) is 0 Å². The Kier molecular flexibility index (Phi) is 3.38. The number of para-hydroxylation sites is 1. The molecule has 2 rings (SSSR count). The lowest BCUT2D eigenvalue weighted by Gasteiger charge is -2.13. The van der Waals surface area contributed by atoms with E-state index in [4.69, 9.17) is 10.5 Å². The molecule has 0 aromatic heterocycles. The van der Waals surface area contributed by atoms with Crippen LogP contribution in [0, 0.1) is 0 Å². The maximum Gasteiger partial charge on any atom is 0.416 e. The third-order valence-corrected chi connectivity index (χ3v) is 2.78. The summed E-state index contributed by atoms with van der Waals surface area (Å²) in [7, 11) is 1.46. The lowest BCUT2D eigenvalue weighted by molar-refractivity contribution is -0.137. The highest BCUT2D eigenvalue weighted by Crippen LogP contribution is 2.38. The minimum Gasteiger partial charge on any atom is -0.496 e. The summed E-state index contributed by atoms with van der Waals surface area (Å²) in [6, 6.07) is 10.1. The monoisotopic (exact) mass is 267 g/mol. The number of benzene rings is 2. The highest BCUT2D eigenvalue weighted by atomic mass is 19.4. The van der Waals surface area contributed by atoms with Crippen LogP contribution in [-0.4, -0.2) is 7.11 Å². The molecule has 0 aliphatic carbocycles. The van der Waals surface area contributed by atoms with Crippen molar-refractivity contribution in [1.82, 2.24) is 0 Å². The topological polar surface area (TPSA) is 35.2 Å². The van der Waals surface area contributed by atoms with Crippen LogP contribution >= 0.6 is 0 Å². The molecule has 0 fully saturated rings. The SMILES string of the molecule is COc1ccccc1-c1cc(C(F)(F)F)ccc1N. The summed E-state index contributed by atoms with van der Waals surface area (Å²) in [5.74, 6) is 0.480. The average molecular weight is 267 g/mol. The number of hydrogen-bond acceptors (Lipinski definition) is 2. The van der Waals surface area contributed by atoms with Crippen molar-refractivity contribution in [1.29, 1.82) is 0 Å². The van der Waals surface area contributed by atoms with Gasteiger partial charge in [-0.2, -0.15) is 13.2 Å². The van der Waals surface area contributed by atoms with Crippen molar-refractivity contribution >= 4 is 5.69 Å². The maximum atomic E-state index is 12.7. The Labute approximate surface area is 108 Å². The molecule has 19 heavy (non-hydrogen) atoms. The standard InChI is InChI=1S/C14H12F3NO/c1-19-13-5-3-2-4-10(13)11-8-9(14(15,16)17)6-7-12(11)18/h2-8H,18H2,1H3. The van der Waals surface area contributed by atoms with Crippen LogP contribution in [0.15, 0.2) is 42.5 Å². The van der Waals surface area contributed by atoms with Gasteiger partial charge in [-0.05, 0) is 24.3 Å². The molecule has 100 valence electrons. The molecule has 0 aliphatic rings. The zero-order valence-electron chi connectivity index (χ0n) is 10.2. The molecule has 0 amide bonds. The molecular formula is C14H12F3NO. The van der Waals surface area contributed by atoms with Gasteiger partial charge in [-0.3, -0.25) is 0 Å². The average Bonchev–Trinajstić information content (AvgIpc) is 2.38. The number of halogens is 3.